The van der Waals surface area contributed by atoms with Crippen molar-refractivity contribution in [3.8, 4) is 34.2 Å². The summed E-state index contributed by atoms with van der Waals surface area (Å²) in [6, 6.07) is 30.9. The second kappa shape index (κ2) is 10.2. The highest BCUT2D eigenvalue weighted by molar-refractivity contribution is 7.98. The molecule has 0 saturated carbocycles. The summed E-state index contributed by atoms with van der Waals surface area (Å²) < 4.78 is 5.58. The Labute approximate surface area is 193 Å². The van der Waals surface area contributed by atoms with E-state index in [-0.39, 0.29) is 0 Å². The lowest BCUT2D eigenvalue weighted by Gasteiger charge is -2.13. The number of nitriles is 1. The number of ether oxygens (including phenoxy) is 1. The van der Waals surface area contributed by atoms with Gasteiger partial charge in [-0.25, -0.2) is 4.98 Å². The highest BCUT2D eigenvalue weighted by Gasteiger charge is 2.16. The Kier molecular flexibility index (Phi) is 6.89. The first-order valence-corrected chi connectivity index (χ1v) is 11.6. The number of thioether (sulfide) groups is 1. The van der Waals surface area contributed by atoms with E-state index in [0.717, 1.165) is 38.9 Å². The van der Waals surface area contributed by atoms with Gasteiger partial charge in [0.1, 0.15) is 16.8 Å². The number of hydrogen-bond donors (Lipinski definition) is 0. The van der Waals surface area contributed by atoms with Crippen molar-refractivity contribution in [2.45, 2.75) is 24.6 Å². The summed E-state index contributed by atoms with van der Waals surface area (Å²) >= 11 is 1.60. The summed E-state index contributed by atoms with van der Waals surface area (Å²) in [5, 5.41) is 10.8. The van der Waals surface area contributed by atoms with Gasteiger partial charge in [0.2, 0.25) is 0 Å². The molecule has 4 aromatic rings. The van der Waals surface area contributed by atoms with Gasteiger partial charge in [-0.2, -0.15) is 5.26 Å². The van der Waals surface area contributed by atoms with Crippen molar-refractivity contribution in [2.24, 2.45) is 0 Å². The SMILES string of the molecule is CCOc1ccc(-c2cc(-c3ccccc3)c(C#N)c(SCc3ccc(C)cc3)n2)cc1. The van der Waals surface area contributed by atoms with Crippen molar-refractivity contribution >= 4 is 11.8 Å². The first-order chi connectivity index (χ1) is 15.7. The van der Waals surface area contributed by atoms with Crippen LogP contribution in [0.4, 0.5) is 0 Å². The Bertz CT molecular complexity index is 1230. The van der Waals surface area contributed by atoms with Crippen LogP contribution in [0.2, 0.25) is 0 Å². The molecule has 0 aliphatic carbocycles. The summed E-state index contributed by atoms with van der Waals surface area (Å²) in [6.07, 6.45) is 0. The summed E-state index contributed by atoms with van der Waals surface area (Å²) in [7, 11) is 0. The number of aryl methyl sites for hydroxylation is 1. The molecule has 0 saturated heterocycles. The minimum atomic E-state index is 0.614. The third-order valence-electron chi connectivity index (χ3n) is 5.14. The molecule has 0 aliphatic heterocycles. The lowest BCUT2D eigenvalue weighted by molar-refractivity contribution is 0.340. The predicted octanol–water partition coefficient (Wildman–Crippen LogP) is 7.29. The third-order valence-corrected chi connectivity index (χ3v) is 6.19. The second-order valence-corrected chi connectivity index (χ2v) is 8.41. The summed E-state index contributed by atoms with van der Waals surface area (Å²) in [4.78, 5) is 4.91. The minimum absolute atomic E-state index is 0.614. The zero-order chi connectivity index (χ0) is 22.3. The van der Waals surface area contributed by atoms with Gasteiger partial charge in [0.25, 0.3) is 0 Å². The predicted molar refractivity (Wildman–Crippen MR) is 132 cm³/mol. The fraction of sp³-hybridized carbons (Fsp3) is 0.143. The van der Waals surface area contributed by atoms with E-state index in [1.807, 2.05) is 67.6 Å². The van der Waals surface area contributed by atoms with Crippen LogP contribution < -0.4 is 4.74 Å². The molecule has 0 N–H and O–H groups in total. The van der Waals surface area contributed by atoms with Crippen LogP contribution in [-0.4, -0.2) is 11.6 Å². The van der Waals surface area contributed by atoms with Crippen molar-refractivity contribution in [3.05, 3.63) is 102 Å². The maximum Gasteiger partial charge on any atom is 0.119 e. The molecule has 4 rings (SSSR count). The van der Waals surface area contributed by atoms with Gasteiger partial charge in [0.05, 0.1) is 17.9 Å². The maximum absolute atomic E-state index is 10.0. The zero-order valence-electron chi connectivity index (χ0n) is 18.2. The van der Waals surface area contributed by atoms with E-state index in [0.29, 0.717) is 12.2 Å². The first-order valence-electron chi connectivity index (χ1n) is 10.6. The van der Waals surface area contributed by atoms with Gasteiger partial charge < -0.3 is 4.74 Å². The molecule has 0 radical (unpaired) electrons. The van der Waals surface area contributed by atoms with Gasteiger partial charge in [0, 0.05) is 16.9 Å². The minimum Gasteiger partial charge on any atom is -0.494 e. The van der Waals surface area contributed by atoms with Crippen molar-refractivity contribution in [3.63, 3.8) is 0 Å². The Hall–Kier alpha value is -3.55. The molecule has 32 heavy (non-hydrogen) atoms. The largest absolute Gasteiger partial charge is 0.494 e. The number of nitrogens with zero attached hydrogens (tertiary/aromatic N) is 2. The van der Waals surface area contributed by atoms with Crippen LogP contribution in [0.3, 0.4) is 0 Å². The fourth-order valence-corrected chi connectivity index (χ4v) is 4.41. The van der Waals surface area contributed by atoms with Crippen LogP contribution >= 0.6 is 11.8 Å². The average Bonchev–Trinajstić information content (AvgIpc) is 2.84. The summed E-state index contributed by atoms with van der Waals surface area (Å²) in [5.41, 5.74) is 6.80. The molecule has 0 unspecified atom stereocenters. The molecule has 0 amide bonds. The lowest BCUT2D eigenvalue weighted by atomic mass is 9.99. The zero-order valence-corrected chi connectivity index (χ0v) is 19.0. The molecule has 3 aromatic carbocycles. The molecule has 4 heteroatoms. The Balaban J connectivity index is 1.77. The Morgan fingerprint density at radius 2 is 1.62 bits per heavy atom. The van der Waals surface area contributed by atoms with E-state index in [9.17, 15) is 5.26 Å². The van der Waals surface area contributed by atoms with Gasteiger partial charge in [-0.15, -0.1) is 11.8 Å². The molecule has 158 valence electrons. The lowest BCUT2D eigenvalue weighted by Crippen LogP contribution is -1.97. The van der Waals surface area contributed by atoms with E-state index in [1.54, 1.807) is 11.8 Å². The standard InChI is InChI=1S/C28H24N2OS/c1-3-31-24-15-13-23(14-16-24)27-17-25(22-7-5-4-6-8-22)26(18-29)28(30-27)32-19-21-11-9-20(2)10-12-21/h4-17H,3,19H2,1-2H3. The molecule has 1 heterocycles. The Morgan fingerprint density at radius 1 is 0.906 bits per heavy atom. The molecule has 1 aromatic heterocycles. The van der Waals surface area contributed by atoms with Crippen molar-refractivity contribution in [2.75, 3.05) is 6.61 Å². The van der Waals surface area contributed by atoms with Crippen molar-refractivity contribution in [1.29, 1.82) is 5.26 Å². The van der Waals surface area contributed by atoms with Crippen LogP contribution in [-0.2, 0) is 5.75 Å². The summed E-state index contributed by atoms with van der Waals surface area (Å²) in [6.45, 7) is 4.69. The monoisotopic (exact) mass is 436 g/mol. The molecular weight excluding hydrogens is 412 g/mol. The number of hydrogen-bond acceptors (Lipinski definition) is 4. The van der Waals surface area contributed by atoms with Gasteiger partial charge in [-0.1, -0.05) is 60.2 Å². The van der Waals surface area contributed by atoms with Crippen molar-refractivity contribution < 1.29 is 4.74 Å². The number of pyridine rings is 1. The van der Waals surface area contributed by atoms with Crippen LogP contribution in [0.1, 0.15) is 23.6 Å². The van der Waals surface area contributed by atoms with E-state index in [1.165, 1.54) is 11.1 Å². The van der Waals surface area contributed by atoms with Crippen LogP contribution in [0.15, 0.2) is 90.0 Å². The molecular formula is C28H24N2OS. The van der Waals surface area contributed by atoms with E-state index in [4.69, 9.17) is 9.72 Å². The highest BCUT2D eigenvalue weighted by Crippen LogP contribution is 2.35. The number of benzene rings is 3. The highest BCUT2D eigenvalue weighted by atomic mass is 32.2. The Morgan fingerprint density at radius 3 is 2.28 bits per heavy atom. The number of rotatable bonds is 7. The van der Waals surface area contributed by atoms with E-state index >= 15 is 0 Å². The van der Waals surface area contributed by atoms with E-state index < -0.39 is 0 Å². The average molecular weight is 437 g/mol. The third kappa shape index (κ3) is 5.01. The van der Waals surface area contributed by atoms with Crippen molar-refractivity contribution in [1.82, 2.24) is 4.98 Å². The second-order valence-electron chi connectivity index (χ2n) is 7.44. The number of aromatic nitrogens is 1. The van der Waals surface area contributed by atoms with Crippen LogP contribution in [0, 0.1) is 18.3 Å². The quantitative estimate of drug-likeness (QED) is 0.285. The fourth-order valence-electron chi connectivity index (χ4n) is 3.45. The van der Waals surface area contributed by atoms with E-state index in [2.05, 4.69) is 37.3 Å². The molecule has 0 fully saturated rings. The van der Waals surface area contributed by atoms with Crippen LogP contribution in [0.5, 0.6) is 5.75 Å². The molecule has 0 aliphatic rings. The van der Waals surface area contributed by atoms with Gasteiger partial charge in [0.15, 0.2) is 0 Å². The first kappa shape index (κ1) is 21.7. The maximum atomic E-state index is 10.0. The summed E-state index contributed by atoms with van der Waals surface area (Å²) in [5.74, 6) is 1.59. The molecule has 0 spiro atoms. The van der Waals surface area contributed by atoms with Gasteiger partial charge in [-0.05, 0) is 55.3 Å². The van der Waals surface area contributed by atoms with Gasteiger partial charge >= 0.3 is 0 Å². The molecule has 0 atom stereocenters. The smallest absolute Gasteiger partial charge is 0.119 e. The molecule has 0 bridgehead atoms. The van der Waals surface area contributed by atoms with Gasteiger partial charge in [-0.3, -0.25) is 0 Å². The molecule has 3 nitrogen and oxygen atoms in total. The normalized spacial score (nSPS) is 10.5. The van der Waals surface area contributed by atoms with Crippen LogP contribution in [0.25, 0.3) is 22.4 Å². The topological polar surface area (TPSA) is 45.9 Å².